The number of hydrogen-bond acceptors (Lipinski definition) is 5. The molecule has 0 radical (unpaired) electrons. The summed E-state index contributed by atoms with van der Waals surface area (Å²) in [6.07, 6.45) is 0. The third-order valence-corrected chi connectivity index (χ3v) is 8.67. The summed E-state index contributed by atoms with van der Waals surface area (Å²) in [6.45, 7) is 13.7. The van der Waals surface area contributed by atoms with Crippen LogP contribution >= 0.6 is 43.2 Å². The van der Waals surface area contributed by atoms with E-state index < -0.39 is 0 Å². The fourth-order valence-electron chi connectivity index (χ4n) is 0.925. The van der Waals surface area contributed by atoms with Crippen molar-refractivity contribution in [3.8, 4) is 0 Å². The van der Waals surface area contributed by atoms with Crippen molar-refractivity contribution >= 4 is 43.2 Å². The van der Waals surface area contributed by atoms with Crippen molar-refractivity contribution in [1.29, 1.82) is 0 Å². The standard InChI is InChI=1S/C13H29NS4/c1-12(2,3)17-15-9-11(14(7)8)10-16-18-13(4,5)6/h11H,9-10H2,1-8H3. The highest BCUT2D eigenvalue weighted by atomic mass is 33.1. The summed E-state index contributed by atoms with van der Waals surface area (Å²) in [5.74, 6) is 2.40. The molecule has 0 aliphatic rings. The predicted molar refractivity (Wildman–Crippen MR) is 97.1 cm³/mol. The van der Waals surface area contributed by atoms with Gasteiger partial charge in [-0.2, -0.15) is 0 Å². The van der Waals surface area contributed by atoms with Crippen LogP contribution in [0.3, 0.4) is 0 Å². The van der Waals surface area contributed by atoms with E-state index in [0.717, 1.165) is 0 Å². The highest BCUT2D eigenvalue weighted by Crippen LogP contribution is 2.38. The second-order valence-electron chi connectivity index (χ2n) is 6.58. The zero-order valence-corrected chi connectivity index (χ0v) is 16.3. The molecule has 0 atom stereocenters. The Morgan fingerprint density at radius 2 is 1.11 bits per heavy atom. The first-order valence-electron chi connectivity index (χ1n) is 6.29. The smallest absolute Gasteiger partial charge is 0.0287 e. The lowest BCUT2D eigenvalue weighted by molar-refractivity contribution is 0.345. The van der Waals surface area contributed by atoms with Gasteiger partial charge in [0, 0.05) is 27.0 Å². The Bertz CT molecular complexity index is 198. The minimum absolute atomic E-state index is 0.356. The molecular weight excluding hydrogens is 298 g/mol. The van der Waals surface area contributed by atoms with E-state index in [1.807, 2.05) is 43.2 Å². The van der Waals surface area contributed by atoms with E-state index in [1.165, 1.54) is 11.5 Å². The maximum Gasteiger partial charge on any atom is 0.0287 e. The van der Waals surface area contributed by atoms with Gasteiger partial charge in [0.05, 0.1) is 0 Å². The van der Waals surface area contributed by atoms with Gasteiger partial charge in [-0.05, 0) is 14.1 Å². The van der Waals surface area contributed by atoms with E-state index in [2.05, 4.69) is 60.5 Å². The average molecular weight is 328 g/mol. The van der Waals surface area contributed by atoms with Gasteiger partial charge in [0.1, 0.15) is 0 Å². The highest BCUT2D eigenvalue weighted by Gasteiger charge is 2.18. The third-order valence-electron chi connectivity index (χ3n) is 1.87. The van der Waals surface area contributed by atoms with Gasteiger partial charge in [0.25, 0.3) is 0 Å². The lowest BCUT2D eigenvalue weighted by Gasteiger charge is -2.26. The summed E-state index contributed by atoms with van der Waals surface area (Å²) < 4.78 is 0.712. The maximum atomic E-state index is 2.35. The van der Waals surface area contributed by atoms with E-state index in [9.17, 15) is 0 Å². The molecule has 0 rings (SSSR count). The summed E-state index contributed by atoms with van der Waals surface area (Å²) in [6, 6.07) is 0.657. The first kappa shape index (κ1) is 19.4. The van der Waals surface area contributed by atoms with Gasteiger partial charge >= 0.3 is 0 Å². The SMILES string of the molecule is CN(C)C(CSSC(C)(C)C)CSSC(C)(C)C. The minimum atomic E-state index is 0.356. The third kappa shape index (κ3) is 12.4. The Morgan fingerprint density at radius 3 is 1.33 bits per heavy atom. The molecule has 1 nitrogen and oxygen atoms in total. The molecule has 0 amide bonds. The van der Waals surface area contributed by atoms with Gasteiger partial charge in [0.15, 0.2) is 0 Å². The molecule has 5 heteroatoms. The van der Waals surface area contributed by atoms with Crippen molar-refractivity contribution in [2.24, 2.45) is 0 Å². The van der Waals surface area contributed by atoms with Crippen molar-refractivity contribution in [2.75, 3.05) is 25.6 Å². The predicted octanol–water partition coefficient (Wildman–Crippen LogP) is 5.28. The molecule has 0 N–H and O–H groups in total. The van der Waals surface area contributed by atoms with Gasteiger partial charge < -0.3 is 4.90 Å². The summed E-state index contributed by atoms with van der Waals surface area (Å²) in [5.41, 5.74) is 0. The second-order valence-corrected chi connectivity index (χ2v) is 12.9. The van der Waals surface area contributed by atoms with Gasteiger partial charge in [-0.3, -0.25) is 0 Å². The molecule has 0 aromatic heterocycles. The highest BCUT2D eigenvalue weighted by molar-refractivity contribution is 8.77. The topological polar surface area (TPSA) is 3.24 Å². The van der Waals surface area contributed by atoms with Gasteiger partial charge in [-0.15, -0.1) is 0 Å². The zero-order chi connectivity index (χ0) is 14.4. The van der Waals surface area contributed by atoms with Crippen LogP contribution in [0.4, 0.5) is 0 Å². The lowest BCUT2D eigenvalue weighted by Crippen LogP contribution is -2.32. The van der Waals surface area contributed by atoms with Crippen LogP contribution in [0.15, 0.2) is 0 Å². The fourth-order valence-corrected chi connectivity index (χ4v) is 6.54. The lowest BCUT2D eigenvalue weighted by atomic mass is 10.3. The van der Waals surface area contributed by atoms with E-state index >= 15 is 0 Å². The molecule has 0 bridgehead atoms. The van der Waals surface area contributed by atoms with Crippen LogP contribution in [0.25, 0.3) is 0 Å². The van der Waals surface area contributed by atoms with Crippen LogP contribution in [0, 0.1) is 0 Å². The van der Waals surface area contributed by atoms with E-state index in [4.69, 9.17) is 0 Å². The van der Waals surface area contributed by atoms with Crippen LogP contribution in [0.5, 0.6) is 0 Å². The molecule has 0 spiro atoms. The van der Waals surface area contributed by atoms with Crippen molar-refractivity contribution < 1.29 is 0 Å². The zero-order valence-electron chi connectivity index (χ0n) is 13.1. The Hall–Kier alpha value is 1.36. The first-order chi connectivity index (χ1) is 8.01. The molecule has 18 heavy (non-hydrogen) atoms. The first-order valence-corrected chi connectivity index (χ1v) is 10.9. The monoisotopic (exact) mass is 327 g/mol. The molecule has 0 fully saturated rings. The molecule has 0 aromatic carbocycles. The van der Waals surface area contributed by atoms with Crippen LogP contribution < -0.4 is 0 Å². The molecule has 0 saturated heterocycles. The molecular formula is C13H29NS4. The van der Waals surface area contributed by atoms with Crippen molar-refractivity contribution in [3.63, 3.8) is 0 Å². The fraction of sp³-hybridized carbons (Fsp3) is 1.00. The summed E-state index contributed by atoms with van der Waals surface area (Å²) in [5, 5.41) is 0. The molecule has 0 unspecified atom stereocenters. The largest absolute Gasteiger partial charge is 0.305 e. The van der Waals surface area contributed by atoms with E-state index in [-0.39, 0.29) is 0 Å². The Morgan fingerprint density at radius 1 is 0.778 bits per heavy atom. The minimum Gasteiger partial charge on any atom is -0.305 e. The van der Waals surface area contributed by atoms with Crippen molar-refractivity contribution in [3.05, 3.63) is 0 Å². The van der Waals surface area contributed by atoms with Crippen LogP contribution in [-0.2, 0) is 0 Å². The summed E-state index contributed by atoms with van der Waals surface area (Å²) in [4.78, 5) is 2.35. The van der Waals surface area contributed by atoms with Gasteiger partial charge in [0.2, 0.25) is 0 Å². The Balaban J connectivity index is 3.94. The average Bonchev–Trinajstić information content (AvgIpc) is 2.11. The normalized spacial score (nSPS) is 13.7. The van der Waals surface area contributed by atoms with Crippen LogP contribution in [0.1, 0.15) is 41.5 Å². The quantitative estimate of drug-likeness (QED) is 0.584. The number of hydrogen-bond donors (Lipinski definition) is 0. The van der Waals surface area contributed by atoms with Crippen LogP contribution in [0.2, 0.25) is 0 Å². The van der Waals surface area contributed by atoms with Crippen molar-refractivity contribution in [2.45, 2.75) is 57.1 Å². The van der Waals surface area contributed by atoms with E-state index in [1.54, 1.807) is 0 Å². The molecule has 0 aliphatic heterocycles. The van der Waals surface area contributed by atoms with E-state index in [0.29, 0.717) is 15.5 Å². The summed E-state index contributed by atoms with van der Waals surface area (Å²) >= 11 is 0. The Labute approximate surface area is 130 Å². The van der Waals surface area contributed by atoms with Crippen molar-refractivity contribution in [1.82, 2.24) is 4.90 Å². The second kappa shape index (κ2) is 8.60. The molecule has 0 heterocycles. The van der Waals surface area contributed by atoms with Crippen LogP contribution in [-0.4, -0.2) is 46.0 Å². The summed E-state index contributed by atoms with van der Waals surface area (Å²) in [7, 11) is 12.4. The number of nitrogens with zero attached hydrogens (tertiary/aromatic N) is 1. The maximum absolute atomic E-state index is 2.35. The molecule has 0 saturated carbocycles. The molecule has 110 valence electrons. The molecule has 0 aromatic rings. The van der Waals surface area contributed by atoms with Gasteiger partial charge in [-0.25, -0.2) is 0 Å². The molecule has 0 aliphatic carbocycles. The number of rotatable bonds is 7. The van der Waals surface area contributed by atoms with Gasteiger partial charge in [-0.1, -0.05) is 84.7 Å². The Kier molecular flexibility index (Phi) is 9.25.